The second-order valence-corrected chi connectivity index (χ2v) is 3.85. The summed E-state index contributed by atoms with van der Waals surface area (Å²) in [6.45, 7) is 0. The highest BCUT2D eigenvalue weighted by Gasteiger charge is 2.13. The molecule has 0 amide bonds. The van der Waals surface area contributed by atoms with Crippen LogP contribution in [0.4, 0.5) is 0 Å². The molecule has 13 heteroatoms. The van der Waals surface area contributed by atoms with E-state index in [1.54, 1.807) is 0 Å². The molecule has 0 aromatic rings. The van der Waals surface area contributed by atoms with Gasteiger partial charge in [-0.15, -0.1) is 0 Å². The highest BCUT2D eigenvalue weighted by Crippen LogP contribution is 1.92. The van der Waals surface area contributed by atoms with E-state index in [0.29, 0.717) is 0 Å². The number of hydrogen-bond acceptors (Lipinski definition) is 7. The van der Waals surface area contributed by atoms with Crippen LogP contribution in [0.25, 0.3) is 0 Å². The zero-order valence-electron chi connectivity index (χ0n) is 6.22. The van der Waals surface area contributed by atoms with E-state index in [4.69, 9.17) is 9.11 Å². The van der Waals surface area contributed by atoms with Crippen molar-refractivity contribution in [2.75, 3.05) is 0 Å². The van der Waals surface area contributed by atoms with Crippen LogP contribution >= 0.6 is 12.2 Å². The molecule has 86 valence electrons. The molecule has 0 aromatic carbocycles. The van der Waals surface area contributed by atoms with Gasteiger partial charge in [0, 0.05) is 0 Å². The van der Waals surface area contributed by atoms with Gasteiger partial charge in [-0.1, -0.05) is 8.67 Å². The highest BCUT2D eigenvalue weighted by molar-refractivity contribution is 7.83. The SMILES string of the molecule is NC(N)=S.O=S(=O)(O)OOS(=O)(=O)O. The van der Waals surface area contributed by atoms with Gasteiger partial charge in [-0.25, -0.2) is 0 Å². The van der Waals surface area contributed by atoms with E-state index in [1.165, 1.54) is 0 Å². The minimum atomic E-state index is -5.02. The van der Waals surface area contributed by atoms with Crippen LogP contribution in [0.15, 0.2) is 0 Å². The smallest absolute Gasteiger partial charge is 0.377 e. The van der Waals surface area contributed by atoms with Crippen LogP contribution < -0.4 is 11.5 Å². The van der Waals surface area contributed by atoms with Gasteiger partial charge in [0.2, 0.25) is 0 Å². The van der Waals surface area contributed by atoms with Gasteiger partial charge in [0.25, 0.3) is 0 Å². The van der Waals surface area contributed by atoms with Crippen molar-refractivity contribution in [2.24, 2.45) is 11.5 Å². The third-order valence-corrected chi connectivity index (χ3v) is 0.766. The highest BCUT2D eigenvalue weighted by atomic mass is 32.3. The molecule has 6 N–H and O–H groups in total. The zero-order chi connectivity index (χ0) is 12.0. The summed E-state index contributed by atoms with van der Waals surface area (Å²) in [5.74, 6) is 0. The Morgan fingerprint density at radius 3 is 1.21 bits per heavy atom. The van der Waals surface area contributed by atoms with Gasteiger partial charge in [-0.05, 0) is 12.2 Å². The normalized spacial score (nSPS) is 11.3. The van der Waals surface area contributed by atoms with Crippen molar-refractivity contribution in [1.82, 2.24) is 0 Å². The molecule has 10 nitrogen and oxygen atoms in total. The summed E-state index contributed by atoms with van der Waals surface area (Å²) >= 11 is 4.09. The van der Waals surface area contributed by atoms with Crippen LogP contribution in [0.1, 0.15) is 0 Å². The lowest BCUT2D eigenvalue weighted by molar-refractivity contribution is -0.105. The number of rotatable bonds is 3. The predicted octanol–water partition coefficient (Wildman–Crippen LogP) is -2.27. The maximum absolute atomic E-state index is 9.51. The first-order chi connectivity index (χ1) is 5.94. The second-order valence-electron chi connectivity index (χ2n) is 1.39. The van der Waals surface area contributed by atoms with Crippen molar-refractivity contribution in [2.45, 2.75) is 0 Å². The summed E-state index contributed by atoms with van der Waals surface area (Å²) in [5.41, 5.74) is 9.24. The maximum atomic E-state index is 9.51. The molecule has 0 fully saturated rings. The standard InChI is InChI=1S/CH4N2S.H2O8S2/c2-1(3)4;1-9(2,3)7-8-10(4,5)6/h(H4,2,3,4);(H,1,2,3)(H,4,5,6). The molecule has 0 unspecified atom stereocenters. The number of hydrogen-bond donors (Lipinski definition) is 4. The van der Waals surface area contributed by atoms with E-state index >= 15 is 0 Å². The Labute approximate surface area is 84.6 Å². The van der Waals surface area contributed by atoms with Gasteiger partial charge in [0.05, 0.1) is 0 Å². The third-order valence-electron chi connectivity index (χ3n) is 0.200. The Balaban J connectivity index is 0. The quantitative estimate of drug-likeness (QED) is 0.188. The Kier molecular flexibility index (Phi) is 6.82. The molecule has 0 heterocycles. The van der Waals surface area contributed by atoms with E-state index < -0.39 is 20.8 Å². The third kappa shape index (κ3) is 30.1. The Morgan fingerprint density at radius 2 is 1.14 bits per heavy atom. The van der Waals surface area contributed by atoms with Crippen molar-refractivity contribution in [1.29, 1.82) is 0 Å². The van der Waals surface area contributed by atoms with E-state index in [-0.39, 0.29) is 5.11 Å². The molecule has 0 radical (unpaired) electrons. The largest absolute Gasteiger partial charge is 0.425 e. The first-order valence-corrected chi connectivity index (χ1v) is 5.45. The summed E-state index contributed by atoms with van der Waals surface area (Å²) in [5, 5.41) is 0.000000000000000222. The van der Waals surface area contributed by atoms with Gasteiger partial charge in [-0.3, -0.25) is 9.11 Å². The van der Waals surface area contributed by atoms with Crippen LogP contribution in [-0.4, -0.2) is 31.1 Å². The van der Waals surface area contributed by atoms with Crippen molar-refractivity contribution in [3.8, 4) is 0 Å². The van der Waals surface area contributed by atoms with Crippen molar-refractivity contribution < 1.29 is 34.6 Å². The Hall–Kier alpha value is -0.570. The molecular formula is CH6N2O8S3. The fourth-order valence-electron chi connectivity index (χ4n) is 0.0702. The molecule has 0 saturated carbocycles. The lowest BCUT2D eigenvalue weighted by atomic mass is 11.3. The van der Waals surface area contributed by atoms with Crippen molar-refractivity contribution in [3.05, 3.63) is 0 Å². The molecule has 0 aliphatic heterocycles. The minimum absolute atomic E-state index is 0.000000000000000222. The molecule has 0 atom stereocenters. The van der Waals surface area contributed by atoms with E-state index in [9.17, 15) is 16.8 Å². The molecule has 0 aromatic heterocycles. The molecule has 0 spiro atoms. The summed E-state index contributed by atoms with van der Waals surface area (Å²) in [7, 11) is -10.0. The number of thiocarbonyl (C=S) groups is 1. The van der Waals surface area contributed by atoms with E-state index in [1.807, 2.05) is 0 Å². The molecule has 0 saturated heterocycles. The maximum Gasteiger partial charge on any atom is 0.425 e. The van der Waals surface area contributed by atoms with E-state index in [0.717, 1.165) is 0 Å². The first kappa shape index (κ1) is 15.9. The van der Waals surface area contributed by atoms with Gasteiger partial charge in [-0.2, -0.15) is 16.8 Å². The topological polar surface area (TPSA) is 179 Å². The van der Waals surface area contributed by atoms with Crippen LogP contribution in [-0.2, 0) is 29.5 Å². The molecule has 0 bridgehead atoms. The molecule has 14 heavy (non-hydrogen) atoms. The van der Waals surface area contributed by atoms with Crippen LogP contribution in [0, 0.1) is 0 Å². The summed E-state index contributed by atoms with van der Waals surface area (Å²) < 4.78 is 58.9. The molecular weight excluding hydrogens is 264 g/mol. The van der Waals surface area contributed by atoms with Gasteiger partial charge in [0.1, 0.15) is 0 Å². The summed E-state index contributed by atoms with van der Waals surface area (Å²) in [6, 6.07) is 0. The summed E-state index contributed by atoms with van der Waals surface area (Å²) in [6.07, 6.45) is 0. The van der Waals surface area contributed by atoms with Gasteiger partial charge >= 0.3 is 20.8 Å². The lowest BCUT2D eigenvalue weighted by Crippen LogP contribution is -2.18. The molecule has 0 aliphatic rings. The second kappa shape index (κ2) is 6.02. The lowest BCUT2D eigenvalue weighted by Gasteiger charge is -1.92. The zero-order valence-corrected chi connectivity index (χ0v) is 8.67. The van der Waals surface area contributed by atoms with Gasteiger partial charge < -0.3 is 11.5 Å². The predicted molar refractivity (Wildman–Crippen MR) is 46.2 cm³/mol. The summed E-state index contributed by atoms with van der Waals surface area (Å²) in [4.78, 5) is 0. The minimum Gasteiger partial charge on any atom is -0.377 e. The van der Waals surface area contributed by atoms with Gasteiger partial charge in [0.15, 0.2) is 5.11 Å². The average Bonchev–Trinajstić information content (AvgIpc) is 1.79. The van der Waals surface area contributed by atoms with E-state index in [2.05, 4.69) is 32.4 Å². The molecule has 0 rings (SSSR count). The fraction of sp³-hybridized carbons (Fsp3) is 0. The van der Waals surface area contributed by atoms with Crippen molar-refractivity contribution >= 4 is 38.1 Å². The monoisotopic (exact) mass is 270 g/mol. The Bertz CT molecular complexity index is 329. The van der Waals surface area contributed by atoms with Crippen LogP contribution in [0.2, 0.25) is 0 Å². The van der Waals surface area contributed by atoms with Crippen LogP contribution in [0.5, 0.6) is 0 Å². The number of nitrogens with two attached hydrogens (primary N) is 2. The molecule has 0 aliphatic carbocycles. The van der Waals surface area contributed by atoms with Crippen LogP contribution in [0.3, 0.4) is 0 Å². The fourth-order valence-corrected chi connectivity index (χ4v) is 0.632. The Morgan fingerprint density at radius 1 is 1.00 bits per heavy atom. The first-order valence-electron chi connectivity index (χ1n) is 2.31. The average molecular weight is 270 g/mol. The van der Waals surface area contributed by atoms with Crippen molar-refractivity contribution in [3.63, 3.8) is 0 Å².